The molecule has 0 aromatic heterocycles. The quantitative estimate of drug-likeness (QED) is 0.842. The number of anilines is 1. The lowest BCUT2D eigenvalue weighted by atomic mass is 10.1. The normalized spacial score (nSPS) is 18.8. The van der Waals surface area contributed by atoms with Gasteiger partial charge in [0.05, 0.1) is 10.7 Å². The van der Waals surface area contributed by atoms with Gasteiger partial charge in [-0.1, -0.05) is 29.8 Å². The van der Waals surface area contributed by atoms with Gasteiger partial charge in [-0.15, -0.1) is 11.8 Å². The Balaban J connectivity index is 1.91. The van der Waals surface area contributed by atoms with E-state index >= 15 is 0 Å². The molecule has 2 rings (SSSR count). The first-order valence-electron chi connectivity index (χ1n) is 5.27. The SMILES string of the molecule is O=C(/C=C\Nc1ccccc1Cl)C1C=CSC1. The van der Waals surface area contributed by atoms with Crippen LogP contribution in [0.15, 0.2) is 48.0 Å². The Labute approximate surface area is 110 Å². The summed E-state index contributed by atoms with van der Waals surface area (Å²) in [7, 11) is 0. The molecule has 1 atom stereocenters. The zero-order chi connectivity index (χ0) is 12.1. The van der Waals surface area contributed by atoms with Crippen LogP contribution < -0.4 is 5.32 Å². The van der Waals surface area contributed by atoms with Crippen molar-refractivity contribution in [3.63, 3.8) is 0 Å². The van der Waals surface area contributed by atoms with Gasteiger partial charge in [0.2, 0.25) is 0 Å². The predicted octanol–water partition coefficient (Wildman–Crippen LogP) is 3.71. The molecule has 17 heavy (non-hydrogen) atoms. The molecule has 0 radical (unpaired) electrons. The molecule has 1 aromatic carbocycles. The van der Waals surface area contributed by atoms with E-state index in [9.17, 15) is 4.79 Å². The zero-order valence-corrected chi connectivity index (χ0v) is 10.7. The second-order valence-electron chi connectivity index (χ2n) is 3.63. The number of halogens is 1. The summed E-state index contributed by atoms with van der Waals surface area (Å²) < 4.78 is 0. The van der Waals surface area contributed by atoms with Crippen LogP contribution in [0, 0.1) is 5.92 Å². The van der Waals surface area contributed by atoms with Crippen LogP contribution >= 0.6 is 23.4 Å². The number of thioether (sulfide) groups is 1. The number of hydrogen-bond acceptors (Lipinski definition) is 3. The topological polar surface area (TPSA) is 29.1 Å². The van der Waals surface area contributed by atoms with Crippen molar-refractivity contribution in [3.05, 3.63) is 53.0 Å². The van der Waals surface area contributed by atoms with E-state index in [-0.39, 0.29) is 11.7 Å². The standard InChI is InChI=1S/C13H12ClNOS/c14-11-3-1-2-4-12(11)15-7-5-13(16)10-6-8-17-9-10/h1-8,10,15H,9H2/b7-5-. The van der Waals surface area contributed by atoms with Crippen LogP contribution in [0.25, 0.3) is 0 Å². The van der Waals surface area contributed by atoms with Gasteiger partial charge in [0, 0.05) is 17.9 Å². The fourth-order valence-electron chi connectivity index (χ4n) is 1.46. The van der Waals surface area contributed by atoms with Crippen LogP contribution in [0.3, 0.4) is 0 Å². The van der Waals surface area contributed by atoms with Crippen LogP contribution in [0.4, 0.5) is 5.69 Å². The minimum Gasteiger partial charge on any atom is -0.360 e. The van der Waals surface area contributed by atoms with Crippen molar-refractivity contribution in [3.8, 4) is 0 Å². The Kier molecular flexibility index (Phi) is 4.29. The van der Waals surface area contributed by atoms with E-state index in [1.54, 1.807) is 30.1 Å². The van der Waals surface area contributed by atoms with Gasteiger partial charge in [-0.25, -0.2) is 0 Å². The third kappa shape index (κ3) is 3.38. The predicted molar refractivity (Wildman–Crippen MR) is 74.3 cm³/mol. The Bertz CT molecular complexity index is 470. The molecule has 1 N–H and O–H groups in total. The molecule has 2 nitrogen and oxygen atoms in total. The number of nitrogens with one attached hydrogen (secondary N) is 1. The van der Waals surface area contributed by atoms with E-state index in [4.69, 9.17) is 11.6 Å². The molecule has 88 valence electrons. The first-order chi connectivity index (χ1) is 8.27. The van der Waals surface area contributed by atoms with Crippen molar-refractivity contribution in [2.45, 2.75) is 0 Å². The molecule has 0 saturated carbocycles. The van der Waals surface area contributed by atoms with Gasteiger partial charge in [0.15, 0.2) is 5.78 Å². The largest absolute Gasteiger partial charge is 0.360 e. The van der Waals surface area contributed by atoms with E-state index < -0.39 is 0 Å². The monoisotopic (exact) mass is 265 g/mol. The van der Waals surface area contributed by atoms with Crippen molar-refractivity contribution < 1.29 is 4.79 Å². The van der Waals surface area contributed by atoms with E-state index in [1.807, 2.05) is 29.7 Å². The second kappa shape index (κ2) is 5.94. The fraction of sp³-hybridized carbons (Fsp3) is 0.154. The molecule has 1 aromatic rings. The van der Waals surface area contributed by atoms with Crippen molar-refractivity contribution in [2.75, 3.05) is 11.1 Å². The lowest BCUT2D eigenvalue weighted by Crippen LogP contribution is -2.09. The number of hydrogen-bond donors (Lipinski definition) is 1. The van der Waals surface area contributed by atoms with E-state index in [2.05, 4.69) is 5.32 Å². The highest BCUT2D eigenvalue weighted by molar-refractivity contribution is 8.02. The third-order valence-corrected chi connectivity index (χ3v) is 3.64. The van der Waals surface area contributed by atoms with Crippen LogP contribution in [0.1, 0.15) is 0 Å². The summed E-state index contributed by atoms with van der Waals surface area (Å²) in [5, 5.41) is 5.61. The van der Waals surface area contributed by atoms with E-state index in [0.29, 0.717) is 5.02 Å². The molecule has 0 bridgehead atoms. The summed E-state index contributed by atoms with van der Waals surface area (Å²) in [4.78, 5) is 11.7. The second-order valence-corrected chi connectivity index (χ2v) is 4.97. The molecule has 0 aliphatic carbocycles. The average Bonchev–Trinajstić information content (AvgIpc) is 2.85. The summed E-state index contributed by atoms with van der Waals surface area (Å²) in [5.41, 5.74) is 0.801. The van der Waals surface area contributed by atoms with Gasteiger partial charge in [0.1, 0.15) is 0 Å². The number of carbonyl (C=O) groups is 1. The maximum absolute atomic E-state index is 11.7. The molecule has 1 unspecified atom stereocenters. The average molecular weight is 266 g/mol. The van der Waals surface area contributed by atoms with E-state index in [0.717, 1.165) is 11.4 Å². The molecule has 0 fully saturated rings. The Morgan fingerprint density at radius 3 is 3.00 bits per heavy atom. The molecule has 0 spiro atoms. The molecule has 1 heterocycles. The fourth-order valence-corrected chi connectivity index (χ4v) is 2.54. The first kappa shape index (κ1) is 12.3. The molecule has 1 aliphatic heterocycles. The summed E-state index contributed by atoms with van der Waals surface area (Å²) >= 11 is 7.64. The highest BCUT2D eigenvalue weighted by Crippen LogP contribution is 2.22. The minimum atomic E-state index is 0.0179. The van der Waals surface area contributed by atoms with Gasteiger partial charge >= 0.3 is 0 Å². The lowest BCUT2D eigenvalue weighted by molar-refractivity contribution is -0.116. The maximum atomic E-state index is 11.7. The van der Waals surface area contributed by atoms with Gasteiger partial charge in [0.25, 0.3) is 0 Å². The van der Waals surface area contributed by atoms with Crippen LogP contribution in [0.2, 0.25) is 5.02 Å². The lowest BCUT2D eigenvalue weighted by Gasteiger charge is -2.03. The first-order valence-corrected chi connectivity index (χ1v) is 6.70. The van der Waals surface area contributed by atoms with Crippen molar-refractivity contribution in [2.24, 2.45) is 5.92 Å². The number of benzene rings is 1. The van der Waals surface area contributed by atoms with Crippen molar-refractivity contribution in [1.29, 1.82) is 0 Å². The Morgan fingerprint density at radius 1 is 1.47 bits per heavy atom. The van der Waals surface area contributed by atoms with Gasteiger partial charge < -0.3 is 5.32 Å². The van der Waals surface area contributed by atoms with Crippen molar-refractivity contribution >= 4 is 34.8 Å². The zero-order valence-electron chi connectivity index (χ0n) is 9.10. The molecule has 4 heteroatoms. The summed E-state index contributed by atoms with van der Waals surface area (Å²) in [6.45, 7) is 0. The van der Waals surface area contributed by atoms with Crippen LogP contribution in [-0.2, 0) is 4.79 Å². The number of rotatable bonds is 4. The van der Waals surface area contributed by atoms with E-state index in [1.165, 1.54) is 0 Å². The molecule has 1 aliphatic rings. The molecule has 0 amide bonds. The maximum Gasteiger partial charge on any atom is 0.164 e. The third-order valence-electron chi connectivity index (χ3n) is 2.41. The smallest absolute Gasteiger partial charge is 0.164 e. The Morgan fingerprint density at radius 2 is 2.29 bits per heavy atom. The molecular weight excluding hydrogens is 254 g/mol. The molecule has 0 saturated heterocycles. The van der Waals surface area contributed by atoms with Crippen LogP contribution in [-0.4, -0.2) is 11.5 Å². The highest BCUT2D eigenvalue weighted by atomic mass is 35.5. The van der Waals surface area contributed by atoms with Gasteiger partial charge in [-0.05, 0) is 23.6 Å². The number of ketones is 1. The minimum absolute atomic E-state index is 0.0179. The summed E-state index contributed by atoms with van der Waals surface area (Å²) in [5.74, 6) is 0.977. The Hall–Kier alpha value is -1.19. The number of allylic oxidation sites excluding steroid dienone is 2. The van der Waals surface area contributed by atoms with Gasteiger partial charge in [-0.3, -0.25) is 4.79 Å². The number of para-hydroxylation sites is 1. The van der Waals surface area contributed by atoms with Gasteiger partial charge in [-0.2, -0.15) is 0 Å². The summed E-state index contributed by atoms with van der Waals surface area (Å²) in [6.07, 6.45) is 5.14. The highest BCUT2D eigenvalue weighted by Gasteiger charge is 2.15. The number of carbonyl (C=O) groups excluding carboxylic acids is 1. The molecular formula is C13H12ClNOS. The summed E-state index contributed by atoms with van der Waals surface area (Å²) in [6, 6.07) is 7.42. The van der Waals surface area contributed by atoms with Crippen LogP contribution in [0.5, 0.6) is 0 Å². The van der Waals surface area contributed by atoms with Crippen molar-refractivity contribution in [1.82, 2.24) is 0 Å².